The molecule has 0 aliphatic carbocycles. The molecule has 0 radical (unpaired) electrons. The van der Waals surface area contributed by atoms with Gasteiger partial charge in [0.15, 0.2) is 0 Å². The molecule has 0 spiro atoms. The molecule has 0 aliphatic heterocycles. The Balaban J connectivity index is 3.22. The molecule has 0 aromatic rings. The van der Waals surface area contributed by atoms with E-state index in [9.17, 15) is 4.79 Å². The molecule has 0 atom stereocenters. The topological polar surface area (TPSA) is 26.3 Å². The van der Waals surface area contributed by atoms with Crippen LogP contribution in [-0.4, -0.2) is 5.97 Å². The minimum Gasteiger partial charge on any atom is -0.435 e. The largest absolute Gasteiger partial charge is 0.435 e. The van der Waals surface area contributed by atoms with Crippen LogP contribution in [0.25, 0.3) is 0 Å². The van der Waals surface area contributed by atoms with E-state index in [4.69, 9.17) is 4.74 Å². The standard InChI is InChI=1S/C26H50O2/c1-3-5-7-9-11-13-14-15-16-18-20-22-24-26(27)28-25-23-21-19-17-12-10-8-6-4-2/h23,25H,3-22,24H2,1-2H3. The fraction of sp³-hybridized carbons (Fsp3) is 0.885. The summed E-state index contributed by atoms with van der Waals surface area (Å²) >= 11 is 0. The predicted octanol–water partition coefficient (Wildman–Crippen LogP) is 9.28. The average molecular weight is 395 g/mol. The van der Waals surface area contributed by atoms with Crippen LogP contribution in [0.3, 0.4) is 0 Å². The smallest absolute Gasteiger partial charge is 0.310 e. The number of ether oxygens (including phenoxy) is 1. The number of unbranched alkanes of at least 4 members (excludes halogenated alkanes) is 18. The van der Waals surface area contributed by atoms with Crippen molar-refractivity contribution in [1.82, 2.24) is 0 Å². The van der Waals surface area contributed by atoms with Crippen molar-refractivity contribution in [2.45, 2.75) is 149 Å². The first-order chi connectivity index (χ1) is 13.8. The van der Waals surface area contributed by atoms with Gasteiger partial charge in [0.2, 0.25) is 0 Å². The first kappa shape index (κ1) is 27.2. The number of carbonyl (C=O) groups is 1. The Bertz CT molecular complexity index is 335. The molecule has 0 aromatic carbocycles. The van der Waals surface area contributed by atoms with Crippen LogP contribution in [0.15, 0.2) is 12.3 Å². The van der Waals surface area contributed by atoms with E-state index in [0.717, 1.165) is 19.3 Å². The third kappa shape index (κ3) is 23.2. The molecule has 2 heteroatoms. The Labute approximate surface area is 176 Å². The SMILES string of the molecule is CCCCCCCCCC=COC(=O)CCCCCCCCCCCCCC. The summed E-state index contributed by atoms with van der Waals surface area (Å²) in [5.41, 5.74) is 0. The molecule has 0 aromatic heterocycles. The summed E-state index contributed by atoms with van der Waals surface area (Å²) in [6.45, 7) is 4.53. The van der Waals surface area contributed by atoms with Crippen molar-refractivity contribution >= 4 is 5.97 Å². The van der Waals surface area contributed by atoms with Gasteiger partial charge in [-0.3, -0.25) is 4.79 Å². The van der Waals surface area contributed by atoms with Crippen molar-refractivity contribution < 1.29 is 9.53 Å². The Morgan fingerprint density at radius 3 is 1.43 bits per heavy atom. The van der Waals surface area contributed by atoms with Gasteiger partial charge in [-0.2, -0.15) is 0 Å². The lowest BCUT2D eigenvalue weighted by Crippen LogP contribution is -1.98. The molecule has 0 saturated heterocycles. The van der Waals surface area contributed by atoms with Crippen LogP contribution in [0.5, 0.6) is 0 Å². The van der Waals surface area contributed by atoms with Crippen molar-refractivity contribution in [3.05, 3.63) is 12.3 Å². The normalized spacial score (nSPS) is 11.4. The Kier molecular flexibility index (Phi) is 23.6. The summed E-state index contributed by atoms with van der Waals surface area (Å²) < 4.78 is 5.18. The van der Waals surface area contributed by atoms with Gasteiger partial charge in [-0.05, 0) is 25.3 Å². The van der Waals surface area contributed by atoms with Gasteiger partial charge in [-0.25, -0.2) is 0 Å². The van der Waals surface area contributed by atoms with Crippen LogP contribution in [0.1, 0.15) is 149 Å². The monoisotopic (exact) mass is 394 g/mol. The highest BCUT2D eigenvalue weighted by molar-refractivity contribution is 5.69. The van der Waals surface area contributed by atoms with E-state index < -0.39 is 0 Å². The van der Waals surface area contributed by atoms with E-state index in [1.165, 1.54) is 109 Å². The summed E-state index contributed by atoms with van der Waals surface area (Å²) in [6, 6.07) is 0. The second-order valence-corrected chi connectivity index (χ2v) is 8.41. The van der Waals surface area contributed by atoms with Crippen LogP contribution in [0.2, 0.25) is 0 Å². The Morgan fingerprint density at radius 1 is 0.571 bits per heavy atom. The zero-order chi connectivity index (χ0) is 20.5. The van der Waals surface area contributed by atoms with Gasteiger partial charge in [0.1, 0.15) is 0 Å². The highest BCUT2D eigenvalue weighted by Crippen LogP contribution is 2.13. The third-order valence-electron chi connectivity index (χ3n) is 5.50. The lowest BCUT2D eigenvalue weighted by molar-refractivity contribution is -0.138. The molecular formula is C26H50O2. The molecule has 28 heavy (non-hydrogen) atoms. The fourth-order valence-corrected chi connectivity index (χ4v) is 3.58. The van der Waals surface area contributed by atoms with E-state index in [-0.39, 0.29) is 5.97 Å². The van der Waals surface area contributed by atoms with Gasteiger partial charge in [0, 0.05) is 6.42 Å². The van der Waals surface area contributed by atoms with Crippen molar-refractivity contribution in [2.75, 3.05) is 0 Å². The molecule has 0 bridgehead atoms. The van der Waals surface area contributed by atoms with Crippen molar-refractivity contribution in [2.24, 2.45) is 0 Å². The summed E-state index contributed by atoms with van der Waals surface area (Å²) in [5, 5.41) is 0. The van der Waals surface area contributed by atoms with Gasteiger partial charge in [0.05, 0.1) is 6.26 Å². The maximum atomic E-state index is 11.7. The second-order valence-electron chi connectivity index (χ2n) is 8.41. The molecule has 0 N–H and O–H groups in total. The highest BCUT2D eigenvalue weighted by Gasteiger charge is 2.00. The van der Waals surface area contributed by atoms with Gasteiger partial charge in [-0.15, -0.1) is 0 Å². The predicted molar refractivity (Wildman–Crippen MR) is 124 cm³/mol. The Morgan fingerprint density at radius 2 is 0.964 bits per heavy atom. The number of allylic oxidation sites excluding steroid dienone is 1. The van der Waals surface area contributed by atoms with Crippen LogP contribution in [0.4, 0.5) is 0 Å². The van der Waals surface area contributed by atoms with Gasteiger partial charge in [-0.1, -0.05) is 123 Å². The number of hydrogen-bond acceptors (Lipinski definition) is 2. The van der Waals surface area contributed by atoms with Crippen molar-refractivity contribution in [1.29, 1.82) is 0 Å². The van der Waals surface area contributed by atoms with Crippen LogP contribution < -0.4 is 0 Å². The fourth-order valence-electron chi connectivity index (χ4n) is 3.58. The number of rotatable bonds is 22. The molecule has 2 nitrogen and oxygen atoms in total. The number of carbonyl (C=O) groups excluding carboxylic acids is 1. The average Bonchev–Trinajstić information content (AvgIpc) is 2.70. The summed E-state index contributed by atoms with van der Waals surface area (Å²) in [4.78, 5) is 11.7. The number of hydrogen-bond donors (Lipinski definition) is 0. The van der Waals surface area contributed by atoms with E-state index in [0.29, 0.717) is 6.42 Å². The highest BCUT2D eigenvalue weighted by atomic mass is 16.5. The zero-order valence-electron chi connectivity index (χ0n) is 19.3. The molecule has 0 fully saturated rings. The van der Waals surface area contributed by atoms with E-state index >= 15 is 0 Å². The number of esters is 1. The summed E-state index contributed by atoms with van der Waals surface area (Å²) in [7, 11) is 0. The second kappa shape index (κ2) is 24.2. The first-order valence-corrected chi connectivity index (χ1v) is 12.7. The van der Waals surface area contributed by atoms with Crippen LogP contribution in [0, 0.1) is 0 Å². The molecule has 0 aliphatic rings. The summed E-state index contributed by atoms with van der Waals surface area (Å²) in [5.74, 6) is -0.0668. The molecule has 0 heterocycles. The zero-order valence-corrected chi connectivity index (χ0v) is 19.3. The van der Waals surface area contributed by atoms with Gasteiger partial charge >= 0.3 is 5.97 Å². The molecule has 166 valence electrons. The quantitative estimate of drug-likeness (QED) is 0.104. The molecule has 0 saturated carbocycles. The van der Waals surface area contributed by atoms with Crippen LogP contribution >= 0.6 is 0 Å². The lowest BCUT2D eigenvalue weighted by atomic mass is 10.0. The third-order valence-corrected chi connectivity index (χ3v) is 5.50. The van der Waals surface area contributed by atoms with Gasteiger partial charge in [0.25, 0.3) is 0 Å². The van der Waals surface area contributed by atoms with Gasteiger partial charge < -0.3 is 4.74 Å². The van der Waals surface area contributed by atoms with Crippen LogP contribution in [-0.2, 0) is 9.53 Å². The van der Waals surface area contributed by atoms with E-state index in [1.54, 1.807) is 6.26 Å². The minimum absolute atomic E-state index is 0.0668. The van der Waals surface area contributed by atoms with E-state index in [2.05, 4.69) is 13.8 Å². The Hall–Kier alpha value is -0.790. The van der Waals surface area contributed by atoms with Crippen molar-refractivity contribution in [3.63, 3.8) is 0 Å². The summed E-state index contributed by atoms with van der Waals surface area (Å²) in [6.07, 6.45) is 30.3. The molecule has 0 rings (SSSR count). The van der Waals surface area contributed by atoms with E-state index in [1.807, 2.05) is 6.08 Å². The molecule has 0 amide bonds. The van der Waals surface area contributed by atoms with Crippen molar-refractivity contribution in [3.8, 4) is 0 Å². The molecule has 0 unspecified atom stereocenters. The molecular weight excluding hydrogens is 344 g/mol. The maximum absolute atomic E-state index is 11.7. The maximum Gasteiger partial charge on any atom is 0.310 e. The lowest BCUT2D eigenvalue weighted by Gasteiger charge is -2.03. The first-order valence-electron chi connectivity index (χ1n) is 12.7. The minimum atomic E-state index is -0.0668.